The number of hydrogen-bond acceptors (Lipinski definition) is 5. The van der Waals surface area contributed by atoms with Gasteiger partial charge < -0.3 is 23.8 Å². The van der Waals surface area contributed by atoms with Crippen molar-refractivity contribution < 1.29 is 14.0 Å². The van der Waals surface area contributed by atoms with E-state index in [1.54, 1.807) is 0 Å². The van der Waals surface area contributed by atoms with Crippen molar-refractivity contribution in [3.05, 3.63) is 23.8 Å². The summed E-state index contributed by atoms with van der Waals surface area (Å²) in [5.74, 6) is 0. The van der Waals surface area contributed by atoms with E-state index in [9.17, 15) is 0 Å². The van der Waals surface area contributed by atoms with E-state index < -0.39 is 0 Å². The maximum absolute atomic E-state index is 6.24. The van der Waals surface area contributed by atoms with Gasteiger partial charge in [-0.05, 0) is 65.8 Å². The zero-order chi connectivity index (χ0) is 19.1. The van der Waals surface area contributed by atoms with Gasteiger partial charge in [-0.1, -0.05) is 12.1 Å². The number of hydrogen-bond donors (Lipinski definition) is 0. The van der Waals surface area contributed by atoms with Gasteiger partial charge in [0.25, 0.3) is 0 Å². The quantitative estimate of drug-likeness (QED) is 0.770. The van der Waals surface area contributed by atoms with E-state index in [0.29, 0.717) is 0 Å². The molecule has 2 heterocycles. The highest BCUT2D eigenvalue weighted by molar-refractivity contribution is 6.62. The summed E-state index contributed by atoms with van der Waals surface area (Å²) >= 11 is 0. The Hall–Kier alpha value is -1.08. The Morgan fingerprint density at radius 1 is 1.15 bits per heavy atom. The van der Waals surface area contributed by atoms with Crippen molar-refractivity contribution in [2.24, 2.45) is 0 Å². The highest BCUT2D eigenvalue weighted by Crippen LogP contribution is 2.36. The molecule has 0 unspecified atom stereocenters. The summed E-state index contributed by atoms with van der Waals surface area (Å²) in [6.07, 6.45) is 0.263. The van der Waals surface area contributed by atoms with Crippen molar-refractivity contribution in [3.8, 4) is 0 Å². The van der Waals surface area contributed by atoms with Gasteiger partial charge in [-0.15, -0.1) is 0 Å². The average molecular weight is 360 g/mol. The third-order valence-corrected chi connectivity index (χ3v) is 5.70. The van der Waals surface area contributed by atoms with Crippen LogP contribution in [-0.2, 0) is 20.6 Å². The Labute approximate surface area is 158 Å². The first-order valence-corrected chi connectivity index (χ1v) is 9.59. The Morgan fingerprint density at radius 3 is 2.38 bits per heavy atom. The highest BCUT2D eigenvalue weighted by Gasteiger charge is 2.51. The molecule has 2 aliphatic rings. The lowest BCUT2D eigenvalue weighted by atomic mass is 9.78. The van der Waals surface area contributed by atoms with Crippen LogP contribution in [0.15, 0.2) is 18.2 Å². The highest BCUT2D eigenvalue weighted by atomic mass is 16.7. The molecular weight excluding hydrogens is 327 g/mol. The summed E-state index contributed by atoms with van der Waals surface area (Å²) in [7, 11) is 3.89. The Balaban J connectivity index is 1.89. The van der Waals surface area contributed by atoms with Crippen LogP contribution in [0.1, 0.15) is 40.2 Å². The van der Waals surface area contributed by atoms with E-state index in [1.165, 1.54) is 11.3 Å². The molecule has 0 radical (unpaired) electrons. The minimum Gasteiger partial charge on any atom is -0.399 e. The Kier molecular flexibility index (Phi) is 5.41. The molecule has 0 aromatic heterocycles. The molecule has 0 N–H and O–H groups in total. The molecule has 0 saturated carbocycles. The van der Waals surface area contributed by atoms with Crippen LogP contribution in [0, 0.1) is 0 Å². The van der Waals surface area contributed by atoms with Gasteiger partial charge in [0, 0.05) is 25.3 Å². The maximum Gasteiger partial charge on any atom is 0.494 e. The molecule has 6 heteroatoms. The van der Waals surface area contributed by atoms with Crippen LogP contribution in [0.5, 0.6) is 0 Å². The van der Waals surface area contributed by atoms with E-state index in [-0.39, 0.29) is 24.4 Å². The summed E-state index contributed by atoms with van der Waals surface area (Å²) in [5.41, 5.74) is 3.03. The zero-order valence-electron chi connectivity index (χ0n) is 17.3. The lowest BCUT2D eigenvalue weighted by Gasteiger charge is -2.35. The summed E-state index contributed by atoms with van der Waals surface area (Å²) in [5, 5.41) is 0. The first-order chi connectivity index (χ1) is 12.1. The Morgan fingerprint density at radius 2 is 1.81 bits per heavy atom. The number of anilines is 1. The third-order valence-electron chi connectivity index (χ3n) is 5.70. The predicted octanol–water partition coefficient (Wildman–Crippen LogP) is 2.27. The summed E-state index contributed by atoms with van der Waals surface area (Å²) in [4.78, 5) is 4.64. The number of rotatable bonds is 4. The minimum atomic E-state index is -0.322. The fourth-order valence-electron chi connectivity index (χ4n) is 3.54. The average Bonchev–Trinajstić information content (AvgIpc) is 2.75. The van der Waals surface area contributed by atoms with Crippen molar-refractivity contribution in [3.63, 3.8) is 0 Å². The lowest BCUT2D eigenvalue weighted by molar-refractivity contribution is 0.00578. The molecule has 2 fully saturated rings. The van der Waals surface area contributed by atoms with Gasteiger partial charge in [0.15, 0.2) is 0 Å². The van der Waals surface area contributed by atoms with Gasteiger partial charge >= 0.3 is 7.12 Å². The van der Waals surface area contributed by atoms with E-state index in [0.717, 1.165) is 31.7 Å². The molecule has 1 atom stereocenters. The largest absolute Gasteiger partial charge is 0.494 e. The number of morpholine rings is 1. The Bertz CT molecular complexity index is 632. The van der Waals surface area contributed by atoms with Gasteiger partial charge in [0.2, 0.25) is 0 Å². The molecule has 144 valence electrons. The number of ether oxygens (including phenoxy) is 1. The number of benzene rings is 1. The van der Waals surface area contributed by atoms with Crippen molar-refractivity contribution in [1.82, 2.24) is 4.90 Å². The second-order valence-electron chi connectivity index (χ2n) is 8.84. The van der Waals surface area contributed by atoms with Gasteiger partial charge in [-0.3, -0.25) is 0 Å². The molecule has 2 saturated heterocycles. The van der Waals surface area contributed by atoms with Crippen molar-refractivity contribution >= 4 is 18.3 Å². The van der Waals surface area contributed by atoms with Crippen LogP contribution in [0.2, 0.25) is 0 Å². The predicted molar refractivity (Wildman–Crippen MR) is 107 cm³/mol. The molecule has 1 aromatic rings. The van der Waals surface area contributed by atoms with Crippen molar-refractivity contribution in [1.29, 1.82) is 0 Å². The lowest BCUT2D eigenvalue weighted by Crippen LogP contribution is -2.42. The van der Waals surface area contributed by atoms with Crippen LogP contribution in [0.3, 0.4) is 0 Å². The zero-order valence-corrected chi connectivity index (χ0v) is 17.3. The van der Waals surface area contributed by atoms with Crippen molar-refractivity contribution in [2.75, 3.05) is 38.7 Å². The van der Waals surface area contributed by atoms with Crippen LogP contribution in [-0.4, -0.2) is 63.1 Å². The van der Waals surface area contributed by atoms with Gasteiger partial charge in [0.05, 0.1) is 23.9 Å². The first kappa shape index (κ1) is 19.7. The maximum atomic E-state index is 6.24. The molecule has 0 aliphatic carbocycles. The second kappa shape index (κ2) is 7.15. The fraction of sp³-hybridized carbons (Fsp3) is 0.700. The fourth-order valence-corrected chi connectivity index (χ4v) is 3.54. The standard InChI is InChI=1S/C20H33BN2O3/c1-15-13-23(10-11-24-15)18-9-8-17(12-16(18)14-22(6)7)21-25-19(2,3)20(4,5)26-21/h8-9,12,15H,10-11,13-14H2,1-7H3/t15-/m1/s1. The molecule has 1 aromatic carbocycles. The molecule has 0 bridgehead atoms. The van der Waals surface area contributed by atoms with Crippen LogP contribution in [0.25, 0.3) is 0 Å². The van der Waals surface area contributed by atoms with Crippen molar-refractivity contribution in [2.45, 2.75) is 58.5 Å². The SMILES string of the molecule is C[C@@H]1CN(c2ccc(B3OC(C)(C)C(C)(C)O3)cc2CN(C)C)CCO1. The molecule has 0 spiro atoms. The molecule has 0 amide bonds. The van der Waals surface area contributed by atoms with E-state index in [2.05, 4.69) is 76.7 Å². The second-order valence-corrected chi connectivity index (χ2v) is 8.84. The van der Waals surface area contributed by atoms with E-state index in [4.69, 9.17) is 14.0 Å². The number of nitrogens with zero attached hydrogens (tertiary/aromatic N) is 2. The summed E-state index contributed by atoms with van der Waals surface area (Å²) in [6, 6.07) is 6.62. The van der Waals surface area contributed by atoms with E-state index in [1.807, 2.05) is 0 Å². The first-order valence-electron chi connectivity index (χ1n) is 9.59. The molecule has 3 rings (SSSR count). The topological polar surface area (TPSA) is 34.2 Å². The summed E-state index contributed by atoms with van der Waals surface area (Å²) in [6.45, 7) is 14.0. The molecular formula is C20H33BN2O3. The van der Waals surface area contributed by atoms with E-state index >= 15 is 0 Å². The van der Waals surface area contributed by atoms with Gasteiger partial charge in [0.1, 0.15) is 0 Å². The van der Waals surface area contributed by atoms with Crippen LogP contribution in [0.4, 0.5) is 5.69 Å². The van der Waals surface area contributed by atoms with Crippen LogP contribution < -0.4 is 10.4 Å². The van der Waals surface area contributed by atoms with Crippen LogP contribution >= 0.6 is 0 Å². The molecule has 5 nitrogen and oxygen atoms in total. The van der Waals surface area contributed by atoms with Gasteiger partial charge in [-0.25, -0.2) is 0 Å². The molecule has 26 heavy (non-hydrogen) atoms. The summed E-state index contributed by atoms with van der Waals surface area (Å²) < 4.78 is 18.2. The monoisotopic (exact) mass is 360 g/mol. The third kappa shape index (κ3) is 3.93. The minimum absolute atomic E-state index is 0.263. The smallest absolute Gasteiger partial charge is 0.399 e. The molecule has 2 aliphatic heterocycles. The van der Waals surface area contributed by atoms with Gasteiger partial charge in [-0.2, -0.15) is 0 Å². The normalized spacial score (nSPS) is 25.2.